The Morgan fingerprint density at radius 2 is 2.29 bits per heavy atom. The Hall–Kier alpha value is -1.47. The van der Waals surface area contributed by atoms with Gasteiger partial charge in [0.15, 0.2) is 5.65 Å². The Bertz CT molecular complexity index is 618. The maximum absolute atomic E-state index is 4.33. The number of fused-ring (bicyclic) bond motifs is 1. The summed E-state index contributed by atoms with van der Waals surface area (Å²) in [5.74, 6) is 0. The third kappa shape index (κ3) is 2.16. The minimum atomic E-state index is 0.386. The van der Waals surface area contributed by atoms with Gasteiger partial charge in [-0.1, -0.05) is 17.8 Å². The number of aromatic nitrogens is 5. The highest BCUT2D eigenvalue weighted by Gasteiger charge is 2.10. The summed E-state index contributed by atoms with van der Waals surface area (Å²) in [5.41, 5.74) is 0.665. The summed E-state index contributed by atoms with van der Waals surface area (Å²) < 4.78 is 1.45. The summed E-state index contributed by atoms with van der Waals surface area (Å²) in [6.07, 6.45) is 0. The molecule has 0 fully saturated rings. The lowest BCUT2D eigenvalue weighted by Gasteiger charge is -2.07. The van der Waals surface area contributed by atoms with E-state index in [0.717, 1.165) is 5.03 Å². The second kappa shape index (κ2) is 4.42. The van der Waals surface area contributed by atoms with E-state index in [1.807, 2.05) is 12.1 Å². The van der Waals surface area contributed by atoms with Crippen molar-refractivity contribution < 1.29 is 0 Å². The minimum Gasteiger partial charge on any atom is -0.148 e. The Balaban J connectivity index is 1.84. The summed E-state index contributed by atoms with van der Waals surface area (Å²) in [6.45, 7) is 2.17. The fraction of sp³-hybridized carbons (Fsp3) is 0.200. The molecule has 0 amide bonds. The summed E-state index contributed by atoms with van der Waals surface area (Å²) in [5, 5.41) is 18.9. The van der Waals surface area contributed by atoms with E-state index < -0.39 is 0 Å². The highest BCUT2D eigenvalue weighted by Crippen LogP contribution is 2.35. The smallest absolute Gasteiger partial charge is 0.148 e. The minimum absolute atomic E-state index is 0.386. The van der Waals surface area contributed by atoms with Gasteiger partial charge in [-0.15, -0.1) is 26.2 Å². The van der Waals surface area contributed by atoms with Gasteiger partial charge < -0.3 is 0 Å². The second-order valence-electron chi connectivity index (χ2n) is 3.47. The fourth-order valence-corrected chi connectivity index (χ4v) is 3.26. The van der Waals surface area contributed by atoms with Crippen LogP contribution in [0.5, 0.6) is 0 Å². The summed E-state index contributed by atoms with van der Waals surface area (Å²) in [6, 6.07) is 8.02. The number of hydrogen-bond acceptors (Lipinski definition) is 6. The van der Waals surface area contributed by atoms with Gasteiger partial charge >= 0.3 is 0 Å². The van der Waals surface area contributed by atoms with Crippen LogP contribution in [0, 0.1) is 0 Å². The maximum Gasteiger partial charge on any atom is 0.200 e. The summed E-state index contributed by atoms with van der Waals surface area (Å²) >= 11 is 3.46. The Kier molecular flexibility index (Phi) is 2.77. The first-order chi connectivity index (χ1) is 8.33. The van der Waals surface area contributed by atoms with E-state index >= 15 is 0 Å². The van der Waals surface area contributed by atoms with Crippen LogP contribution in [0.15, 0.2) is 34.7 Å². The lowest BCUT2D eigenvalue weighted by Crippen LogP contribution is -1.96. The Morgan fingerprint density at radius 3 is 3.12 bits per heavy atom. The van der Waals surface area contributed by atoms with E-state index in [1.54, 1.807) is 23.1 Å². The van der Waals surface area contributed by atoms with Crippen LogP contribution in [0.3, 0.4) is 0 Å². The van der Waals surface area contributed by atoms with Crippen LogP contribution in [-0.2, 0) is 0 Å². The molecule has 3 rings (SSSR count). The first-order valence-corrected chi connectivity index (χ1v) is 6.84. The van der Waals surface area contributed by atoms with Gasteiger partial charge in [0.25, 0.3) is 0 Å². The van der Waals surface area contributed by atoms with Crippen LogP contribution >= 0.6 is 23.1 Å². The number of rotatable bonds is 3. The fourth-order valence-electron chi connectivity index (χ4n) is 1.46. The molecule has 0 aliphatic carbocycles. The largest absolute Gasteiger partial charge is 0.200 e. The predicted molar refractivity (Wildman–Crippen MR) is 67.2 cm³/mol. The van der Waals surface area contributed by atoms with E-state index in [-0.39, 0.29) is 0 Å². The SMILES string of the molecule is CC(Sc1ccc2nnnn2n1)c1cccs1. The van der Waals surface area contributed by atoms with Gasteiger partial charge in [-0.05, 0) is 40.9 Å². The molecule has 5 nitrogen and oxygen atoms in total. The molecule has 0 aliphatic heterocycles. The Morgan fingerprint density at radius 1 is 1.35 bits per heavy atom. The zero-order chi connectivity index (χ0) is 11.7. The van der Waals surface area contributed by atoms with Crippen LogP contribution < -0.4 is 0 Å². The number of thioether (sulfide) groups is 1. The van der Waals surface area contributed by atoms with Crippen molar-refractivity contribution in [3.63, 3.8) is 0 Å². The molecule has 0 bridgehead atoms. The van der Waals surface area contributed by atoms with Crippen molar-refractivity contribution in [2.75, 3.05) is 0 Å². The van der Waals surface area contributed by atoms with E-state index in [1.165, 1.54) is 9.51 Å². The third-order valence-electron chi connectivity index (χ3n) is 2.29. The van der Waals surface area contributed by atoms with Crippen LogP contribution in [0.4, 0.5) is 0 Å². The van der Waals surface area contributed by atoms with Crippen molar-refractivity contribution in [1.29, 1.82) is 0 Å². The molecule has 1 unspecified atom stereocenters. The van der Waals surface area contributed by atoms with E-state index in [2.05, 4.69) is 45.1 Å². The highest BCUT2D eigenvalue weighted by atomic mass is 32.2. The first-order valence-electron chi connectivity index (χ1n) is 5.08. The summed E-state index contributed by atoms with van der Waals surface area (Å²) in [4.78, 5) is 1.34. The lowest BCUT2D eigenvalue weighted by molar-refractivity contribution is 0.702. The highest BCUT2D eigenvalue weighted by molar-refractivity contribution is 7.99. The molecule has 0 saturated heterocycles. The maximum atomic E-state index is 4.33. The quantitative estimate of drug-likeness (QED) is 0.679. The molecule has 0 saturated carbocycles. The molecule has 0 aliphatic rings. The van der Waals surface area contributed by atoms with Gasteiger partial charge in [-0.25, -0.2) is 0 Å². The molecular formula is C10H9N5S2. The van der Waals surface area contributed by atoms with Crippen molar-refractivity contribution in [3.05, 3.63) is 34.5 Å². The van der Waals surface area contributed by atoms with E-state index in [4.69, 9.17) is 0 Å². The van der Waals surface area contributed by atoms with Crippen LogP contribution in [-0.4, -0.2) is 25.3 Å². The second-order valence-corrected chi connectivity index (χ2v) is 5.81. The lowest BCUT2D eigenvalue weighted by atomic mass is 10.4. The zero-order valence-corrected chi connectivity index (χ0v) is 10.6. The molecule has 0 aromatic carbocycles. The van der Waals surface area contributed by atoms with Gasteiger partial charge in [-0.2, -0.15) is 0 Å². The molecule has 3 aromatic heterocycles. The van der Waals surface area contributed by atoms with Crippen LogP contribution in [0.25, 0.3) is 5.65 Å². The van der Waals surface area contributed by atoms with E-state index in [9.17, 15) is 0 Å². The average Bonchev–Trinajstić information content (AvgIpc) is 2.99. The summed E-state index contributed by atoms with van der Waals surface area (Å²) in [7, 11) is 0. The molecule has 7 heteroatoms. The Labute approximate surface area is 106 Å². The normalized spacial score (nSPS) is 13.0. The predicted octanol–water partition coefficient (Wildman–Crippen LogP) is 2.43. The van der Waals surface area contributed by atoms with Gasteiger partial charge in [0.05, 0.1) is 0 Å². The molecule has 0 spiro atoms. The van der Waals surface area contributed by atoms with Crippen LogP contribution in [0.2, 0.25) is 0 Å². The topological polar surface area (TPSA) is 56.0 Å². The number of nitrogens with zero attached hydrogens (tertiary/aromatic N) is 5. The van der Waals surface area contributed by atoms with Gasteiger partial charge in [0, 0.05) is 10.1 Å². The molecule has 86 valence electrons. The number of thiophene rings is 1. The van der Waals surface area contributed by atoms with E-state index in [0.29, 0.717) is 10.9 Å². The number of tetrazole rings is 1. The molecular weight excluding hydrogens is 254 g/mol. The molecule has 3 heterocycles. The standard InChI is InChI=1S/C10H9N5S2/c1-7(8-3-2-6-16-8)17-10-5-4-9-11-13-14-15(9)12-10/h2-7H,1H3. The molecule has 17 heavy (non-hydrogen) atoms. The first kappa shape index (κ1) is 10.7. The monoisotopic (exact) mass is 263 g/mol. The van der Waals surface area contributed by atoms with Crippen molar-refractivity contribution in [2.45, 2.75) is 17.2 Å². The zero-order valence-electron chi connectivity index (χ0n) is 9.02. The number of hydrogen-bond donors (Lipinski definition) is 0. The van der Waals surface area contributed by atoms with Gasteiger partial charge in [0.1, 0.15) is 5.03 Å². The van der Waals surface area contributed by atoms with Gasteiger partial charge in [-0.3, -0.25) is 0 Å². The van der Waals surface area contributed by atoms with Crippen molar-refractivity contribution in [3.8, 4) is 0 Å². The molecule has 0 radical (unpaired) electrons. The molecule has 0 N–H and O–H groups in total. The van der Waals surface area contributed by atoms with Crippen molar-refractivity contribution >= 4 is 28.7 Å². The molecule has 1 atom stereocenters. The van der Waals surface area contributed by atoms with Crippen molar-refractivity contribution in [2.24, 2.45) is 0 Å². The average molecular weight is 263 g/mol. The third-order valence-corrected chi connectivity index (χ3v) is 4.56. The van der Waals surface area contributed by atoms with Crippen molar-refractivity contribution in [1.82, 2.24) is 25.3 Å². The molecule has 3 aromatic rings. The van der Waals surface area contributed by atoms with Gasteiger partial charge in [0.2, 0.25) is 0 Å². The van der Waals surface area contributed by atoms with Crippen LogP contribution in [0.1, 0.15) is 17.1 Å².